The number of nitrogens with zero attached hydrogens (tertiary/aromatic N) is 2. The molecule has 1 fully saturated rings. The largest absolute Gasteiger partial charge is 0.503 e. The fourth-order valence-electron chi connectivity index (χ4n) is 2.59. The lowest BCUT2D eigenvalue weighted by atomic mass is 10.2. The third-order valence-electron chi connectivity index (χ3n) is 3.90. The van der Waals surface area contributed by atoms with Gasteiger partial charge in [0.05, 0.1) is 12.3 Å². The zero-order valence-corrected chi connectivity index (χ0v) is 12.3. The zero-order chi connectivity index (χ0) is 14.5. The van der Waals surface area contributed by atoms with Crippen LogP contribution in [0.1, 0.15) is 32.4 Å². The Hall–Kier alpha value is -1.33. The van der Waals surface area contributed by atoms with Gasteiger partial charge in [-0.15, -0.1) is 0 Å². The third-order valence-corrected chi connectivity index (χ3v) is 3.90. The first-order valence-electron chi connectivity index (χ1n) is 7.40. The van der Waals surface area contributed by atoms with E-state index in [9.17, 15) is 9.90 Å². The average molecular weight is 280 g/mol. The molecule has 1 aliphatic rings. The van der Waals surface area contributed by atoms with Gasteiger partial charge in [0, 0.05) is 31.5 Å². The number of hydrogen-bond acceptors (Lipinski definition) is 4. The van der Waals surface area contributed by atoms with Crippen LogP contribution in [0.3, 0.4) is 0 Å². The highest BCUT2D eigenvalue weighted by molar-refractivity contribution is 5.20. The van der Waals surface area contributed by atoms with Gasteiger partial charge >= 0.3 is 0 Å². The number of aromatic nitrogens is 1. The van der Waals surface area contributed by atoms with Crippen LogP contribution in [-0.2, 0) is 17.8 Å². The Morgan fingerprint density at radius 2 is 2.20 bits per heavy atom. The fraction of sp³-hybridized carbons (Fsp3) is 0.667. The fourth-order valence-corrected chi connectivity index (χ4v) is 2.59. The molecule has 1 N–H and O–H groups in total. The summed E-state index contributed by atoms with van der Waals surface area (Å²) in [6.45, 7) is 8.30. The number of aromatic hydroxyl groups is 1. The van der Waals surface area contributed by atoms with Crippen LogP contribution in [0.15, 0.2) is 17.1 Å². The second-order valence-corrected chi connectivity index (χ2v) is 5.26. The molecule has 0 radical (unpaired) electrons. The summed E-state index contributed by atoms with van der Waals surface area (Å²) in [5, 5.41) is 9.66. The summed E-state index contributed by atoms with van der Waals surface area (Å²) in [7, 11) is 0. The summed E-state index contributed by atoms with van der Waals surface area (Å²) in [6, 6.07) is 1.54. The van der Waals surface area contributed by atoms with Gasteiger partial charge in [-0.1, -0.05) is 13.8 Å². The van der Waals surface area contributed by atoms with Crippen LogP contribution in [0.5, 0.6) is 5.75 Å². The molecule has 1 saturated heterocycles. The van der Waals surface area contributed by atoms with E-state index in [1.165, 1.54) is 0 Å². The highest BCUT2D eigenvalue weighted by atomic mass is 16.5. The molecule has 1 aromatic heterocycles. The Morgan fingerprint density at radius 3 is 2.80 bits per heavy atom. The Balaban J connectivity index is 2.22. The minimum atomic E-state index is -0.309. The predicted molar refractivity (Wildman–Crippen MR) is 78.0 cm³/mol. The van der Waals surface area contributed by atoms with Crippen LogP contribution < -0.4 is 5.43 Å². The second-order valence-electron chi connectivity index (χ2n) is 5.26. The van der Waals surface area contributed by atoms with Gasteiger partial charge in [0.1, 0.15) is 0 Å². The molecule has 2 rings (SSSR count). The van der Waals surface area contributed by atoms with Crippen LogP contribution in [0.2, 0.25) is 0 Å². The first-order chi connectivity index (χ1) is 9.63. The zero-order valence-electron chi connectivity index (χ0n) is 12.3. The average Bonchev–Trinajstić information content (AvgIpc) is 2.94. The van der Waals surface area contributed by atoms with Gasteiger partial charge in [0.25, 0.3) is 0 Å². The van der Waals surface area contributed by atoms with Gasteiger partial charge in [-0.25, -0.2) is 0 Å². The Labute approximate surface area is 119 Å². The molecule has 0 aromatic carbocycles. The standard InChI is InChI=1S/C15H24N2O3/c1-3-16(4-2)9-12-8-14(18)15(19)11-17(12)10-13-6-5-7-20-13/h8,11,13,19H,3-7,9-10H2,1-2H3. The number of pyridine rings is 1. The quantitative estimate of drug-likeness (QED) is 0.859. The van der Waals surface area contributed by atoms with E-state index in [0.717, 1.165) is 44.8 Å². The lowest BCUT2D eigenvalue weighted by Crippen LogP contribution is -2.27. The number of hydrogen-bond donors (Lipinski definition) is 1. The summed E-state index contributed by atoms with van der Waals surface area (Å²) in [4.78, 5) is 13.9. The molecule has 1 aromatic rings. The monoisotopic (exact) mass is 280 g/mol. The summed E-state index contributed by atoms with van der Waals surface area (Å²) in [6.07, 6.45) is 3.86. The molecule has 20 heavy (non-hydrogen) atoms. The molecule has 2 heterocycles. The Kier molecular flexibility index (Phi) is 5.20. The van der Waals surface area contributed by atoms with Gasteiger partial charge < -0.3 is 14.4 Å². The van der Waals surface area contributed by atoms with Crippen LogP contribution in [-0.4, -0.2) is 40.4 Å². The molecule has 0 aliphatic carbocycles. The smallest absolute Gasteiger partial charge is 0.223 e. The van der Waals surface area contributed by atoms with E-state index in [0.29, 0.717) is 6.54 Å². The van der Waals surface area contributed by atoms with E-state index in [1.54, 1.807) is 12.3 Å². The van der Waals surface area contributed by atoms with Crippen molar-refractivity contribution in [2.75, 3.05) is 19.7 Å². The van der Waals surface area contributed by atoms with Crippen molar-refractivity contribution < 1.29 is 9.84 Å². The summed E-state index contributed by atoms with van der Waals surface area (Å²) in [5.41, 5.74) is 0.628. The molecular formula is C15H24N2O3. The van der Waals surface area contributed by atoms with Crippen molar-refractivity contribution in [2.45, 2.75) is 45.9 Å². The van der Waals surface area contributed by atoms with Crippen molar-refractivity contribution in [2.24, 2.45) is 0 Å². The maximum absolute atomic E-state index is 11.7. The van der Waals surface area contributed by atoms with Crippen molar-refractivity contribution in [1.82, 2.24) is 9.47 Å². The van der Waals surface area contributed by atoms with Crippen molar-refractivity contribution in [3.05, 3.63) is 28.2 Å². The molecule has 0 amide bonds. The van der Waals surface area contributed by atoms with Crippen molar-refractivity contribution in [3.63, 3.8) is 0 Å². The summed E-state index contributed by atoms with van der Waals surface area (Å²) < 4.78 is 7.61. The molecule has 5 heteroatoms. The molecule has 1 aliphatic heterocycles. The van der Waals surface area contributed by atoms with Gasteiger partial charge in [0.2, 0.25) is 5.43 Å². The maximum atomic E-state index is 11.7. The van der Waals surface area contributed by atoms with Gasteiger partial charge in [0.15, 0.2) is 5.75 Å². The van der Waals surface area contributed by atoms with E-state index < -0.39 is 0 Å². The Bertz CT molecular complexity index is 488. The lowest BCUT2D eigenvalue weighted by molar-refractivity contribution is 0.0952. The molecular weight excluding hydrogens is 256 g/mol. The minimum absolute atomic E-state index is 0.187. The number of ether oxygens (including phenoxy) is 1. The van der Waals surface area contributed by atoms with Crippen LogP contribution in [0.4, 0.5) is 0 Å². The van der Waals surface area contributed by atoms with E-state index in [1.807, 2.05) is 4.57 Å². The van der Waals surface area contributed by atoms with Crippen LogP contribution in [0, 0.1) is 0 Å². The van der Waals surface area contributed by atoms with Crippen molar-refractivity contribution in [3.8, 4) is 5.75 Å². The maximum Gasteiger partial charge on any atom is 0.223 e. The molecule has 1 atom stereocenters. The first kappa shape index (κ1) is 15.1. The van der Waals surface area contributed by atoms with Crippen molar-refractivity contribution in [1.29, 1.82) is 0 Å². The number of rotatable bonds is 6. The normalized spacial score (nSPS) is 18.9. The van der Waals surface area contributed by atoms with Crippen LogP contribution in [0.25, 0.3) is 0 Å². The molecule has 0 bridgehead atoms. The van der Waals surface area contributed by atoms with Gasteiger partial charge in [-0.2, -0.15) is 0 Å². The highest BCUT2D eigenvalue weighted by Crippen LogP contribution is 2.16. The highest BCUT2D eigenvalue weighted by Gasteiger charge is 2.18. The van der Waals surface area contributed by atoms with Crippen molar-refractivity contribution >= 4 is 0 Å². The van der Waals surface area contributed by atoms with E-state index in [2.05, 4.69) is 18.7 Å². The van der Waals surface area contributed by atoms with Gasteiger partial charge in [-0.3, -0.25) is 9.69 Å². The molecule has 0 spiro atoms. The summed E-state index contributed by atoms with van der Waals surface area (Å²) >= 11 is 0. The van der Waals surface area contributed by atoms with E-state index in [4.69, 9.17) is 4.74 Å². The molecule has 1 unspecified atom stereocenters. The van der Waals surface area contributed by atoms with E-state index in [-0.39, 0.29) is 17.3 Å². The third kappa shape index (κ3) is 3.61. The summed E-state index contributed by atoms with van der Waals surface area (Å²) in [5.74, 6) is -0.189. The topological polar surface area (TPSA) is 54.7 Å². The van der Waals surface area contributed by atoms with E-state index >= 15 is 0 Å². The molecule has 0 saturated carbocycles. The molecule has 5 nitrogen and oxygen atoms in total. The van der Waals surface area contributed by atoms with Crippen LogP contribution >= 0.6 is 0 Å². The SMILES string of the molecule is CCN(CC)Cc1cc(=O)c(O)cn1CC1CCCO1. The predicted octanol–water partition coefficient (Wildman–Crippen LogP) is 1.57. The van der Waals surface area contributed by atoms with Gasteiger partial charge in [-0.05, 0) is 25.9 Å². The molecule has 112 valence electrons. The second kappa shape index (κ2) is 6.90. The lowest BCUT2D eigenvalue weighted by Gasteiger charge is -2.22. The first-order valence-corrected chi connectivity index (χ1v) is 7.40. The minimum Gasteiger partial charge on any atom is -0.503 e. The Morgan fingerprint density at radius 1 is 1.45 bits per heavy atom.